The van der Waals surface area contributed by atoms with Gasteiger partial charge in [0, 0.05) is 0 Å². The largest absolute Gasteiger partial charge is 0.493 e. The highest BCUT2D eigenvalue weighted by Gasteiger charge is 2.08. The monoisotopic (exact) mass is 333 g/mol. The van der Waals surface area contributed by atoms with Gasteiger partial charge in [-0.15, -0.1) is 0 Å². The standard InChI is InChI=1S/C21H19NO3/c23-21(15-16-24-17-9-3-1-4-10-17)22-19-13-7-8-14-20(19)25-18-11-5-2-6-12-18/h1-14H,15-16H2,(H,22,23). The van der Waals surface area contributed by atoms with Crippen LogP contribution in [0.1, 0.15) is 6.42 Å². The molecular formula is C21H19NO3. The minimum atomic E-state index is -0.125. The van der Waals surface area contributed by atoms with Gasteiger partial charge in [-0.2, -0.15) is 0 Å². The van der Waals surface area contributed by atoms with E-state index in [2.05, 4.69) is 5.32 Å². The number of benzene rings is 3. The van der Waals surface area contributed by atoms with Crippen LogP contribution in [0.2, 0.25) is 0 Å². The predicted molar refractivity (Wildman–Crippen MR) is 98.1 cm³/mol. The van der Waals surface area contributed by atoms with Crippen LogP contribution in [0.4, 0.5) is 5.69 Å². The number of carbonyl (C=O) groups is 1. The maximum atomic E-state index is 12.2. The molecule has 4 nitrogen and oxygen atoms in total. The average Bonchev–Trinajstić information content (AvgIpc) is 2.65. The first-order valence-electron chi connectivity index (χ1n) is 8.11. The van der Waals surface area contributed by atoms with Crippen molar-refractivity contribution in [2.24, 2.45) is 0 Å². The number of carbonyl (C=O) groups excluding carboxylic acids is 1. The molecule has 0 fully saturated rings. The van der Waals surface area contributed by atoms with E-state index in [4.69, 9.17) is 9.47 Å². The Morgan fingerprint density at radius 3 is 2.08 bits per heavy atom. The fraction of sp³-hybridized carbons (Fsp3) is 0.0952. The van der Waals surface area contributed by atoms with Crippen molar-refractivity contribution in [2.75, 3.05) is 11.9 Å². The van der Waals surface area contributed by atoms with Crippen molar-refractivity contribution in [2.45, 2.75) is 6.42 Å². The van der Waals surface area contributed by atoms with Crippen LogP contribution in [-0.4, -0.2) is 12.5 Å². The summed E-state index contributed by atoms with van der Waals surface area (Å²) < 4.78 is 11.4. The lowest BCUT2D eigenvalue weighted by Crippen LogP contribution is -2.15. The highest BCUT2D eigenvalue weighted by Crippen LogP contribution is 2.29. The van der Waals surface area contributed by atoms with Crippen molar-refractivity contribution in [1.82, 2.24) is 0 Å². The summed E-state index contributed by atoms with van der Waals surface area (Å²) in [6.07, 6.45) is 0.258. The molecule has 0 aromatic heterocycles. The van der Waals surface area contributed by atoms with Crippen LogP contribution in [0.25, 0.3) is 0 Å². The third-order valence-corrected chi connectivity index (χ3v) is 3.47. The molecule has 0 saturated heterocycles. The van der Waals surface area contributed by atoms with E-state index in [1.807, 2.05) is 84.9 Å². The van der Waals surface area contributed by atoms with Gasteiger partial charge in [0.1, 0.15) is 11.5 Å². The van der Waals surface area contributed by atoms with E-state index in [9.17, 15) is 4.79 Å². The zero-order valence-electron chi connectivity index (χ0n) is 13.7. The molecule has 0 bridgehead atoms. The van der Waals surface area contributed by atoms with Gasteiger partial charge < -0.3 is 14.8 Å². The van der Waals surface area contributed by atoms with Gasteiger partial charge in [0.25, 0.3) is 0 Å². The molecule has 3 aromatic carbocycles. The Balaban J connectivity index is 1.56. The molecule has 0 aliphatic carbocycles. The molecule has 0 heterocycles. The second kappa shape index (κ2) is 8.55. The van der Waals surface area contributed by atoms with Crippen molar-refractivity contribution in [3.8, 4) is 17.2 Å². The first kappa shape index (κ1) is 16.6. The van der Waals surface area contributed by atoms with Crippen molar-refractivity contribution in [1.29, 1.82) is 0 Å². The molecule has 0 unspecified atom stereocenters. The normalized spacial score (nSPS) is 10.1. The van der Waals surface area contributed by atoms with Gasteiger partial charge >= 0.3 is 0 Å². The number of para-hydroxylation sites is 4. The Morgan fingerprint density at radius 1 is 0.760 bits per heavy atom. The van der Waals surface area contributed by atoms with Gasteiger partial charge in [0.15, 0.2) is 5.75 Å². The second-order valence-electron chi connectivity index (χ2n) is 5.37. The van der Waals surface area contributed by atoms with E-state index in [0.29, 0.717) is 18.0 Å². The van der Waals surface area contributed by atoms with E-state index in [0.717, 1.165) is 11.5 Å². The van der Waals surface area contributed by atoms with E-state index in [1.165, 1.54) is 0 Å². The molecular weight excluding hydrogens is 314 g/mol. The number of hydrogen-bond donors (Lipinski definition) is 1. The third kappa shape index (κ3) is 5.11. The molecule has 1 amide bonds. The smallest absolute Gasteiger partial charge is 0.227 e. The summed E-state index contributed by atoms with van der Waals surface area (Å²) in [6, 6.07) is 26.3. The van der Waals surface area contributed by atoms with Crippen LogP contribution in [0.15, 0.2) is 84.9 Å². The number of hydrogen-bond acceptors (Lipinski definition) is 3. The molecule has 3 rings (SSSR count). The van der Waals surface area contributed by atoms with Crippen LogP contribution in [0.5, 0.6) is 17.2 Å². The lowest BCUT2D eigenvalue weighted by molar-refractivity contribution is -0.116. The summed E-state index contributed by atoms with van der Waals surface area (Å²) in [4.78, 5) is 12.2. The van der Waals surface area contributed by atoms with Crippen LogP contribution in [0.3, 0.4) is 0 Å². The second-order valence-corrected chi connectivity index (χ2v) is 5.37. The molecule has 0 saturated carbocycles. The van der Waals surface area contributed by atoms with Crippen molar-refractivity contribution in [3.63, 3.8) is 0 Å². The summed E-state index contributed by atoms with van der Waals surface area (Å²) in [5.74, 6) is 1.95. The Hall–Kier alpha value is -3.27. The highest BCUT2D eigenvalue weighted by atomic mass is 16.5. The summed E-state index contributed by atoms with van der Waals surface area (Å²) >= 11 is 0. The van der Waals surface area contributed by atoms with Gasteiger partial charge in [-0.1, -0.05) is 48.5 Å². The number of anilines is 1. The van der Waals surface area contributed by atoms with Gasteiger partial charge in [0.05, 0.1) is 18.7 Å². The molecule has 0 aliphatic rings. The maximum absolute atomic E-state index is 12.2. The zero-order chi connectivity index (χ0) is 17.3. The Kier molecular flexibility index (Phi) is 5.67. The first-order valence-corrected chi connectivity index (χ1v) is 8.11. The average molecular weight is 333 g/mol. The molecule has 25 heavy (non-hydrogen) atoms. The van der Waals surface area contributed by atoms with Crippen molar-refractivity contribution in [3.05, 3.63) is 84.9 Å². The molecule has 0 aliphatic heterocycles. The van der Waals surface area contributed by atoms with E-state index in [1.54, 1.807) is 0 Å². The number of ether oxygens (including phenoxy) is 2. The van der Waals surface area contributed by atoms with E-state index >= 15 is 0 Å². The molecule has 126 valence electrons. The van der Waals surface area contributed by atoms with Crippen LogP contribution in [-0.2, 0) is 4.79 Å². The highest BCUT2D eigenvalue weighted by molar-refractivity contribution is 5.92. The summed E-state index contributed by atoms with van der Waals surface area (Å²) in [6.45, 7) is 0.317. The summed E-state index contributed by atoms with van der Waals surface area (Å²) in [5.41, 5.74) is 0.635. The topological polar surface area (TPSA) is 47.6 Å². The fourth-order valence-corrected chi connectivity index (χ4v) is 2.27. The Morgan fingerprint density at radius 2 is 1.36 bits per heavy atom. The Bertz CT molecular complexity index is 804. The van der Waals surface area contributed by atoms with Crippen LogP contribution >= 0.6 is 0 Å². The molecule has 0 spiro atoms. The molecule has 3 aromatic rings. The lowest BCUT2D eigenvalue weighted by atomic mass is 10.2. The van der Waals surface area contributed by atoms with Gasteiger partial charge in [-0.05, 0) is 36.4 Å². The van der Waals surface area contributed by atoms with Crippen LogP contribution < -0.4 is 14.8 Å². The quantitative estimate of drug-likeness (QED) is 0.670. The molecule has 4 heteroatoms. The van der Waals surface area contributed by atoms with Gasteiger partial charge in [-0.3, -0.25) is 4.79 Å². The number of amides is 1. The summed E-state index contributed by atoms with van der Waals surface area (Å²) in [5, 5.41) is 2.87. The van der Waals surface area contributed by atoms with Crippen molar-refractivity contribution < 1.29 is 14.3 Å². The maximum Gasteiger partial charge on any atom is 0.227 e. The minimum Gasteiger partial charge on any atom is -0.493 e. The SMILES string of the molecule is O=C(CCOc1ccccc1)Nc1ccccc1Oc1ccccc1. The van der Waals surface area contributed by atoms with Gasteiger partial charge in [0.2, 0.25) is 5.91 Å². The first-order chi connectivity index (χ1) is 12.3. The van der Waals surface area contributed by atoms with Gasteiger partial charge in [-0.25, -0.2) is 0 Å². The summed E-state index contributed by atoms with van der Waals surface area (Å²) in [7, 11) is 0. The Labute approximate surface area is 147 Å². The van der Waals surface area contributed by atoms with Crippen molar-refractivity contribution >= 4 is 11.6 Å². The fourth-order valence-electron chi connectivity index (χ4n) is 2.27. The minimum absolute atomic E-state index is 0.125. The molecule has 0 radical (unpaired) electrons. The van der Waals surface area contributed by atoms with E-state index < -0.39 is 0 Å². The number of rotatable bonds is 7. The lowest BCUT2D eigenvalue weighted by Gasteiger charge is -2.12. The molecule has 0 atom stereocenters. The third-order valence-electron chi connectivity index (χ3n) is 3.47. The number of nitrogens with one attached hydrogen (secondary N) is 1. The van der Waals surface area contributed by atoms with Crippen LogP contribution in [0, 0.1) is 0 Å². The molecule has 1 N–H and O–H groups in total. The predicted octanol–water partition coefficient (Wildman–Crippen LogP) is 4.89. The zero-order valence-corrected chi connectivity index (χ0v) is 13.7. The van der Waals surface area contributed by atoms with E-state index in [-0.39, 0.29) is 12.3 Å².